The molecule has 0 aliphatic heterocycles. The third kappa shape index (κ3) is 2.68. The summed E-state index contributed by atoms with van der Waals surface area (Å²) < 4.78 is 2.44. The van der Waals surface area contributed by atoms with Crippen LogP contribution < -0.4 is 0 Å². The Labute approximate surface area is 184 Å². The van der Waals surface area contributed by atoms with Gasteiger partial charge in [0.1, 0.15) is 0 Å². The van der Waals surface area contributed by atoms with Crippen molar-refractivity contribution in [1.29, 1.82) is 0 Å². The fourth-order valence-electron chi connectivity index (χ4n) is 5.11. The smallest absolute Gasteiger partial charge is 0.0538 e. The lowest BCUT2D eigenvalue weighted by atomic mass is 9.85. The van der Waals surface area contributed by atoms with Crippen molar-refractivity contribution in [3.05, 3.63) is 88.1 Å². The molecule has 1 aliphatic rings. The van der Waals surface area contributed by atoms with E-state index >= 15 is 0 Å². The molecule has 2 heteroatoms. The van der Waals surface area contributed by atoms with Gasteiger partial charge in [0.15, 0.2) is 0 Å². The molecule has 1 heterocycles. The average molecular weight is 414 g/mol. The predicted octanol–water partition coefficient (Wildman–Crippen LogP) is 8.20. The zero-order valence-corrected chi connectivity index (χ0v) is 19.4. The van der Waals surface area contributed by atoms with E-state index in [1.807, 2.05) is 6.07 Å². The van der Waals surface area contributed by atoms with Gasteiger partial charge in [-0.05, 0) is 64.9 Å². The maximum atomic E-state index is 6.50. The number of aromatic nitrogens is 1. The number of benzene rings is 3. The lowest BCUT2D eigenvalue weighted by Crippen LogP contribution is -2.19. The number of fused-ring (bicyclic) bond motifs is 5. The van der Waals surface area contributed by atoms with Crippen LogP contribution in [0, 0.1) is 6.92 Å². The van der Waals surface area contributed by atoms with E-state index in [4.69, 9.17) is 11.6 Å². The van der Waals surface area contributed by atoms with Crippen molar-refractivity contribution < 1.29 is 0 Å². The molecule has 0 atom stereocenters. The summed E-state index contributed by atoms with van der Waals surface area (Å²) in [6.07, 6.45) is 0. The van der Waals surface area contributed by atoms with E-state index < -0.39 is 0 Å². The summed E-state index contributed by atoms with van der Waals surface area (Å²) in [5.74, 6) is 0. The molecule has 0 amide bonds. The van der Waals surface area contributed by atoms with Crippen molar-refractivity contribution in [2.24, 2.45) is 0 Å². The second-order valence-corrected chi connectivity index (χ2v) is 10.6. The number of hydrogen-bond donors (Lipinski definition) is 0. The van der Waals surface area contributed by atoms with Gasteiger partial charge in [-0.2, -0.15) is 0 Å². The van der Waals surface area contributed by atoms with E-state index in [1.165, 1.54) is 44.4 Å². The molecule has 0 N–H and O–H groups in total. The van der Waals surface area contributed by atoms with Crippen molar-refractivity contribution in [3.63, 3.8) is 0 Å². The summed E-state index contributed by atoms with van der Waals surface area (Å²) in [5, 5.41) is 2.10. The van der Waals surface area contributed by atoms with Crippen LogP contribution in [-0.2, 0) is 10.8 Å². The minimum atomic E-state index is -0.0942. The molecular weight excluding hydrogens is 386 g/mol. The Kier molecular flexibility index (Phi) is 4.05. The summed E-state index contributed by atoms with van der Waals surface area (Å²) >= 11 is 6.50. The molecule has 3 aromatic carbocycles. The summed E-state index contributed by atoms with van der Waals surface area (Å²) in [7, 11) is 0. The maximum absolute atomic E-state index is 6.50. The van der Waals surface area contributed by atoms with Gasteiger partial charge in [0.05, 0.1) is 5.52 Å². The Morgan fingerprint density at radius 3 is 2.33 bits per heavy atom. The quantitative estimate of drug-likeness (QED) is 0.296. The van der Waals surface area contributed by atoms with Crippen molar-refractivity contribution >= 4 is 22.5 Å². The highest BCUT2D eigenvalue weighted by Gasteiger charge is 2.40. The Hall–Kier alpha value is -2.51. The van der Waals surface area contributed by atoms with E-state index in [0.29, 0.717) is 0 Å². The fourth-order valence-corrected chi connectivity index (χ4v) is 5.39. The highest BCUT2D eigenvalue weighted by Crippen LogP contribution is 2.54. The lowest BCUT2D eigenvalue weighted by Gasteiger charge is -2.25. The third-order valence-electron chi connectivity index (χ3n) is 6.58. The molecule has 4 aromatic rings. The molecule has 0 unspecified atom stereocenters. The summed E-state index contributed by atoms with van der Waals surface area (Å²) in [6, 6.07) is 22.2. The molecule has 1 aliphatic carbocycles. The van der Waals surface area contributed by atoms with Crippen LogP contribution >= 0.6 is 11.6 Å². The predicted molar refractivity (Wildman–Crippen MR) is 129 cm³/mol. The second kappa shape index (κ2) is 6.25. The molecule has 152 valence electrons. The van der Waals surface area contributed by atoms with Gasteiger partial charge in [-0.3, -0.25) is 0 Å². The molecule has 5 rings (SSSR count). The molecule has 0 fully saturated rings. The van der Waals surface area contributed by atoms with E-state index in [9.17, 15) is 0 Å². The van der Waals surface area contributed by atoms with Crippen molar-refractivity contribution in [2.45, 2.75) is 52.4 Å². The second-order valence-electron chi connectivity index (χ2n) is 10.2. The van der Waals surface area contributed by atoms with E-state index in [0.717, 1.165) is 10.7 Å². The monoisotopic (exact) mass is 413 g/mol. The molecule has 1 nitrogen and oxygen atoms in total. The summed E-state index contributed by atoms with van der Waals surface area (Å²) in [5.41, 5.74) is 10.4. The number of aryl methyl sites for hydroxylation is 1. The highest BCUT2D eigenvalue weighted by molar-refractivity contribution is 6.30. The first kappa shape index (κ1) is 19.5. The van der Waals surface area contributed by atoms with Crippen LogP contribution in [0.25, 0.3) is 27.7 Å². The zero-order chi connectivity index (χ0) is 21.4. The molecule has 0 radical (unpaired) electrons. The maximum Gasteiger partial charge on any atom is 0.0538 e. The fraction of sp³-hybridized carbons (Fsp3) is 0.286. The molecule has 30 heavy (non-hydrogen) atoms. The van der Waals surface area contributed by atoms with Gasteiger partial charge in [-0.25, -0.2) is 0 Å². The molecule has 0 saturated heterocycles. The van der Waals surface area contributed by atoms with Crippen LogP contribution in [0.4, 0.5) is 0 Å². The molecule has 0 spiro atoms. The first-order chi connectivity index (χ1) is 14.1. The van der Waals surface area contributed by atoms with E-state index in [1.54, 1.807) is 0 Å². The van der Waals surface area contributed by atoms with E-state index in [2.05, 4.69) is 101 Å². The minimum absolute atomic E-state index is 0.0942. The van der Waals surface area contributed by atoms with E-state index in [-0.39, 0.29) is 10.8 Å². The minimum Gasteiger partial charge on any atom is -0.312 e. The number of halogens is 1. The molecular formula is C28H28ClN. The largest absolute Gasteiger partial charge is 0.312 e. The number of rotatable bonds is 1. The van der Waals surface area contributed by atoms with Crippen LogP contribution in [-0.4, -0.2) is 4.57 Å². The van der Waals surface area contributed by atoms with Crippen LogP contribution in [0.15, 0.2) is 60.7 Å². The summed E-state index contributed by atoms with van der Waals surface area (Å²) in [6.45, 7) is 13.6. The van der Waals surface area contributed by atoms with Crippen molar-refractivity contribution in [3.8, 4) is 16.8 Å². The van der Waals surface area contributed by atoms with Gasteiger partial charge in [0, 0.05) is 32.8 Å². The van der Waals surface area contributed by atoms with Gasteiger partial charge >= 0.3 is 0 Å². The van der Waals surface area contributed by atoms with Crippen LogP contribution in [0.2, 0.25) is 5.02 Å². The topological polar surface area (TPSA) is 4.93 Å². The Bertz CT molecular complexity index is 1290. The Morgan fingerprint density at radius 1 is 0.900 bits per heavy atom. The van der Waals surface area contributed by atoms with Gasteiger partial charge < -0.3 is 4.57 Å². The molecule has 0 bridgehead atoms. The normalized spacial score (nSPS) is 14.8. The first-order valence-electron chi connectivity index (χ1n) is 10.7. The number of hydrogen-bond acceptors (Lipinski definition) is 0. The molecule has 0 saturated carbocycles. The van der Waals surface area contributed by atoms with Gasteiger partial charge in [-0.1, -0.05) is 76.6 Å². The SMILES string of the molecule is Cc1cc(Cl)cc(-n2c3c(c4cc(C(C)(C)C)ccc42)-c2ccccc2C3(C)C)c1. The average Bonchev–Trinajstić information content (AvgIpc) is 3.12. The summed E-state index contributed by atoms with van der Waals surface area (Å²) in [4.78, 5) is 0. The van der Waals surface area contributed by atoms with Crippen LogP contribution in [0.3, 0.4) is 0 Å². The Morgan fingerprint density at radius 2 is 1.63 bits per heavy atom. The van der Waals surface area contributed by atoms with Gasteiger partial charge in [-0.15, -0.1) is 0 Å². The van der Waals surface area contributed by atoms with Gasteiger partial charge in [0.2, 0.25) is 0 Å². The van der Waals surface area contributed by atoms with Gasteiger partial charge in [0.25, 0.3) is 0 Å². The number of nitrogens with zero attached hydrogens (tertiary/aromatic N) is 1. The molecule has 1 aromatic heterocycles. The zero-order valence-electron chi connectivity index (χ0n) is 18.6. The van der Waals surface area contributed by atoms with Crippen molar-refractivity contribution in [2.75, 3.05) is 0 Å². The standard InChI is InChI=1S/C28H28ClN/c1-17-13-19(29)16-20(14-17)30-24-12-11-18(27(2,3)4)15-22(24)25-21-9-7-8-10-23(21)28(5,6)26(25)30/h7-16H,1-6H3. The lowest BCUT2D eigenvalue weighted by molar-refractivity contribution is 0.591. The van der Waals surface area contributed by atoms with Crippen molar-refractivity contribution in [1.82, 2.24) is 4.57 Å². The van der Waals surface area contributed by atoms with Crippen LogP contribution in [0.5, 0.6) is 0 Å². The highest BCUT2D eigenvalue weighted by atomic mass is 35.5. The van der Waals surface area contributed by atoms with Crippen LogP contribution in [0.1, 0.15) is 57.0 Å². The first-order valence-corrected chi connectivity index (χ1v) is 11.0. The Balaban J connectivity index is 1.97. The third-order valence-corrected chi connectivity index (χ3v) is 6.80.